The maximum Gasteiger partial charge on any atom is 0.338 e. The van der Waals surface area contributed by atoms with Crippen molar-refractivity contribution >= 4 is 17.6 Å². The maximum atomic E-state index is 11.3. The van der Waals surface area contributed by atoms with E-state index in [0.717, 1.165) is 12.8 Å². The summed E-state index contributed by atoms with van der Waals surface area (Å²) in [6.07, 6.45) is 1.91. The van der Waals surface area contributed by atoms with E-state index in [1.807, 2.05) is 12.1 Å². The Labute approximate surface area is 95.2 Å². The summed E-state index contributed by atoms with van der Waals surface area (Å²) in [4.78, 5) is 11.3. The summed E-state index contributed by atoms with van der Waals surface area (Å²) in [5.41, 5.74) is 1.80. The largest absolute Gasteiger partial charge is 0.462 e. The smallest absolute Gasteiger partial charge is 0.338 e. The second kappa shape index (κ2) is 6.46. The second-order valence-corrected chi connectivity index (χ2v) is 3.59. The van der Waals surface area contributed by atoms with Crippen LogP contribution in [0.15, 0.2) is 24.3 Å². The van der Waals surface area contributed by atoms with Crippen LogP contribution >= 0.6 is 11.6 Å². The Bertz CT molecular complexity index is 306. The minimum absolute atomic E-state index is 0.263. The van der Waals surface area contributed by atoms with Crippen LogP contribution in [-0.2, 0) is 11.2 Å². The minimum atomic E-state index is -0.263. The lowest BCUT2D eigenvalue weighted by Crippen LogP contribution is -2.04. The third-order valence-corrected chi connectivity index (χ3v) is 2.33. The Morgan fingerprint density at radius 1 is 1.33 bits per heavy atom. The van der Waals surface area contributed by atoms with Gasteiger partial charge in [-0.05, 0) is 37.5 Å². The van der Waals surface area contributed by atoms with Crippen LogP contribution in [0.4, 0.5) is 0 Å². The number of hydrogen-bond acceptors (Lipinski definition) is 2. The lowest BCUT2D eigenvalue weighted by atomic mass is 10.1. The number of rotatable bonds is 5. The average Bonchev–Trinajstić information content (AvgIpc) is 2.27. The van der Waals surface area contributed by atoms with E-state index in [2.05, 4.69) is 0 Å². The predicted molar refractivity (Wildman–Crippen MR) is 61.4 cm³/mol. The van der Waals surface area contributed by atoms with Gasteiger partial charge in [0.05, 0.1) is 12.2 Å². The van der Waals surface area contributed by atoms with Gasteiger partial charge in [0.2, 0.25) is 0 Å². The molecule has 0 aliphatic heterocycles. The first-order valence-electron chi connectivity index (χ1n) is 5.10. The highest BCUT2D eigenvalue weighted by Crippen LogP contribution is 2.08. The monoisotopic (exact) mass is 226 g/mol. The van der Waals surface area contributed by atoms with Gasteiger partial charge in [-0.3, -0.25) is 0 Å². The van der Waals surface area contributed by atoms with Crippen molar-refractivity contribution in [2.24, 2.45) is 0 Å². The quantitative estimate of drug-likeness (QED) is 0.570. The minimum Gasteiger partial charge on any atom is -0.462 e. The number of benzene rings is 1. The molecule has 1 aromatic carbocycles. The zero-order valence-corrected chi connectivity index (χ0v) is 9.59. The van der Waals surface area contributed by atoms with E-state index in [4.69, 9.17) is 16.3 Å². The van der Waals surface area contributed by atoms with Crippen molar-refractivity contribution in [1.82, 2.24) is 0 Å². The third-order valence-electron chi connectivity index (χ3n) is 2.06. The highest BCUT2D eigenvalue weighted by Gasteiger charge is 2.04. The Morgan fingerprint density at radius 3 is 2.53 bits per heavy atom. The highest BCUT2D eigenvalue weighted by atomic mass is 35.5. The van der Waals surface area contributed by atoms with Gasteiger partial charge in [-0.2, -0.15) is 0 Å². The van der Waals surface area contributed by atoms with Gasteiger partial charge < -0.3 is 4.74 Å². The van der Waals surface area contributed by atoms with Crippen molar-refractivity contribution in [2.45, 2.75) is 19.8 Å². The molecule has 0 heterocycles. The number of esters is 1. The van der Waals surface area contributed by atoms with E-state index in [-0.39, 0.29) is 5.97 Å². The molecule has 1 aromatic rings. The lowest BCUT2D eigenvalue weighted by molar-refractivity contribution is 0.0526. The molecule has 0 atom stereocenters. The van der Waals surface area contributed by atoms with Crippen molar-refractivity contribution in [2.75, 3.05) is 12.5 Å². The molecule has 0 bridgehead atoms. The molecule has 0 aliphatic carbocycles. The van der Waals surface area contributed by atoms with Crippen molar-refractivity contribution in [3.05, 3.63) is 35.4 Å². The fraction of sp³-hybridized carbons (Fsp3) is 0.417. The average molecular weight is 227 g/mol. The Hall–Kier alpha value is -1.02. The second-order valence-electron chi connectivity index (χ2n) is 3.21. The van der Waals surface area contributed by atoms with Crippen molar-refractivity contribution in [3.63, 3.8) is 0 Å². The first-order valence-corrected chi connectivity index (χ1v) is 5.63. The first-order chi connectivity index (χ1) is 7.27. The molecule has 0 saturated heterocycles. The molecule has 0 N–H and O–H groups in total. The van der Waals surface area contributed by atoms with Gasteiger partial charge in [0.25, 0.3) is 0 Å². The molecule has 82 valence electrons. The van der Waals surface area contributed by atoms with Crippen molar-refractivity contribution in [1.29, 1.82) is 0 Å². The normalized spacial score (nSPS) is 10.0. The van der Waals surface area contributed by atoms with Gasteiger partial charge in [-0.15, -0.1) is 11.6 Å². The molecular weight excluding hydrogens is 212 g/mol. The third kappa shape index (κ3) is 3.92. The molecule has 15 heavy (non-hydrogen) atoms. The molecule has 0 fully saturated rings. The van der Waals surface area contributed by atoms with Crippen molar-refractivity contribution < 1.29 is 9.53 Å². The number of hydrogen-bond donors (Lipinski definition) is 0. The maximum absolute atomic E-state index is 11.3. The summed E-state index contributed by atoms with van der Waals surface area (Å²) in [6, 6.07) is 7.47. The molecule has 0 saturated carbocycles. The van der Waals surface area contributed by atoms with Crippen LogP contribution in [0.5, 0.6) is 0 Å². The molecule has 0 radical (unpaired) electrons. The molecule has 1 rings (SSSR count). The van der Waals surface area contributed by atoms with Crippen LogP contribution in [0.3, 0.4) is 0 Å². The number of carbonyl (C=O) groups is 1. The van der Waals surface area contributed by atoms with Gasteiger partial charge in [-0.1, -0.05) is 12.1 Å². The Balaban J connectivity index is 2.59. The number of aryl methyl sites for hydroxylation is 1. The fourth-order valence-corrected chi connectivity index (χ4v) is 1.43. The van der Waals surface area contributed by atoms with E-state index in [1.54, 1.807) is 19.1 Å². The molecule has 0 unspecified atom stereocenters. The van der Waals surface area contributed by atoms with Crippen LogP contribution < -0.4 is 0 Å². The van der Waals surface area contributed by atoms with Gasteiger partial charge in [0, 0.05) is 5.88 Å². The molecule has 0 aromatic heterocycles. The van der Waals surface area contributed by atoms with E-state index >= 15 is 0 Å². The number of carbonyl (C=O) groups excluding carboxylic acids is 1. The van der Waals surface area contributed by atoms with Gasteiger partial charge in [0.1, 0.15) is 0 Å². The molecule has 0 aliphatic rings. The highest BCUT2D eigenvalue weighted by molar-refractivity contribution is 6.17. The molecule has 3 heteroatoms. The number of alkyl halides is 1. The number of ether oxygens (including phenoxy) is 1. The van der Waals surface area contributed by atoms with E-state index in [0.29, 0.717) is 18.1 Å². The van der Waals surface area contributed by atoms with Crippen LogP contribution in [0, 0.1) is 0 Å². The fourth-order valence-electron chi connectivity index (χ4n) is 1.29. The van der Waals surface area contributed by atoms with Crippen LogP contribution in [0.25, 0.3) is 0 Å². The molecular formula is C12H15ClO2. The topological polar surface area (TPSA) is 26.3 Å². The molecule has 0 spiro atoms. The lowest BCUT2D eigenvalue weighted by Gasteiger charge is -2.03. The van der Waals surface area contributed by atoms with Crippen LogP contribution in [0.1, 0.15) is 29.3 Å². The Kier molecular flexibility index (Phi) is 5.19. The van der Waals surface area contributed by atoms with E-state index in [9.17, 15) is 4.79 Å². The standard InChI is InChI=1S/C12H15ClO2/c1-2-15-12(14)11-7-5-10(6-8-11)4-3-9-13/h5-8H,2-4,9H2,1H3. The van der Waals surface area contributed by atoms with E-state index < -0.39 is 0 Å². The first kappa shape index (κ1) is 12.1. The molecule has 0 amide bonds. The number of halogens is 1. The summed E-state index contributed by atoms with van der Waals surface area (Å²) in [6.45, 7) is 2.21. The molecule has 2 nitrogen and oxygen atoms in total. The van der Waals surface area contributed by atoms with Gasteiger partial charge >= 0.3 is 5.97 Å². The summed E-state index contributed by atoms with van der Waals surface area (Å²) >= 11 is 5.60. The zero-order valence-electron chi connectivity index (χ0n) is 8.83. The van der Waals surface area contributed by atoms with E-state index in [1.165, 1.54) is 5.56 Å². The Morgan fingerprint density at radius 2 is 2.00 bits per heavy atom. The zero-order chi connectivity index (χ0) is 11.1. The summed E-state index contributed by atoms with van der Waals surface area (Å²) < 4.78 is 4.89. The summed E-state index contributed by atoms with van der Waals surface area (Å²) in [7, 11) is 0. The van der Waals surface area contributed by atoms with Gasteiger partial charge in [0.15, 0.2) is 0 Å². The van der Waals surface area contributed by atoms with Crippen molar-refractivity contribution in [3.8, 4) is 0 Å². The summed E-state index contributed by atoms with van der Waals surface area (Å²) in [5.74, 6) is 0.404. The summed E-state index contributed by atoms with van der Waals surface area (Å²) in [5, 5.41) is 0. The van der Waals surface area contributed by atoms with Crippen LogP contribution in [0.2, 0.25) is 0 Å². The van der Waals surface area contributed by atoms with Gasteiger partial charge in [-0.25, -0.2) is 4.79 Å². The SMILES string of the molecule is CCOC(=O)c1ccc(CCCCl)cc1. The van der Waals surface area contributed by atoms with Crippen LogP contribution in [-0.4, -0.2) is 18.5 Å². The predicted octanol–water partition coefficient (Wildman–Crippen LogP) is 3.03.